The van der Waals surface area contributed by atoms with Crippen LogP contribution in [0.2, 0.25) is 0 Å². The van der Waals surface area contributed by atoms with Crippen molar-refractivity contribution in [2.45, 2.75) is 27.2 Å². The maximum absolute atomic E-state index is 5.14. The van der Waals surface area contributed by atoms with E-state index < -0.39 is 0 Å². The number of methoxy groups -OCH3 is 1. The first-order valence-electron chi connectivity index (χ1n) is 6.45. The highest BCUT2D eigenvalue weighted by molar-refractivity contribution is 4.80. The van der Waals surface area contributed by atoms with Gasteiger partial charge in [-0.05, 0) is 43.3 Å². The molecule has 0 bridgehead atoms. The van der Waals surface area contributed by atoms with Gasteiger partial charge in [0.05, 0.1) is 0 Å². The van der Waals surface area contributed by atoms with Crippen LogP contribution in [0, 0.1) is 17.3 Å². The van der Waals surface area contributed by atoms with Gasteiger partial charge in [-0.25, -0.2) is 0 Å². The molecule has 1 aliphatic heterocycles. The first kappa shape index (κ1) is 13.9. The van der Waals surface area contributed by atoms with E-state index in [1.54, 1.807) is 7.11 Å². The Bertz CT molecular complexity index is 194. The molecule has 96 valence electrons. The van der Waals surface area contributed by atoms with Crippen LogP contribution in [0.5, 0.6) is 0 Å². The van der Waals surface area contributed by atoms with Crippen molar-refractivity contribution in [3.05, 3.63) is 0 Å². The van der Waals surface area contributed by atoms with Gasteiger partial charge in [0, 0.05) is 20.3 Å². The van der Waals surface area contributed by atoms with Crippen molar-refractivity contribution in [3.8, 4) is 0 Å². The van der Waals surface area contributed by atoms with E-state index >= 15 is 0 Å². The summed E-state index contributed by atoms with van der Waals surface area (Å²) in [4.78, 5) is 0. The second-order valence-electron chi connectivity index (χ2n) is 5.93. The van der Waals surface area contributed by atoms with Crippen LogP contribution < -0.4 is 10.6 Å². The van der Waals surface area contributed by atoms with Crippen LogP contribution in [0.15, 0.2) is 0 Å². The average molecular weight is 228 g/mol. The standard InChI is InChI=1S/C13H28N2O/c1-11-7-14-8-12(11)9-15-10-13(2,3)5-6-16-4/h11-12,14-15H,5-10H2,1-4H3/t11-,12+/m1/s1. The van der Waals surface area contributed by atoms with Gasteiger partial charge < -0.3 is 15.4 Å². The molecule has 1 fully saturated rings. The quantitative estimate of drug-likeness (QED) is 0.693. The lowest BCUT2D eigenvalue weighted by Gasteiger charge is -2.26. The van der Waals surface area contributed by atoms with Crippen LogP contribution in [-0.2, 0) is 4.74 Å². The molecular weight excluding hydrogens is 200 g/mol. The average Bonchev–Trinajstić information content (AvgIpc) is 2.62. The molecule has 0 amide bonds. The molecule has 2 atom stereocenters. The van der Waals surface area contributed by atoms with E-state index in [-0.39, 0.29) is 0 Å². The van der Waals surface area contributed by atoms with Crippen LogP contribution in [0.4, 0.5) is 0 Å². The van der Waals surface area contributed by atoms with Gasteiger partial charge in [0.15, 0.2) is 0 Å². The summed E-state index contributed by atoms with van der Waals surface area (Å²) in [5, 5.41) is 7.06. The Morgan fingerprint density at radius 2 is 2.12 bits per heavy atom. The lowest BCUT2D eigenvalue weighted by molar-refractivity contribution is 0.150. The topological polar surface area (TPSA) is 33.3 Å². The number of ether oxygens (including phenoxy) is 1. The predicted octanol–water partition coefficient (Wildman–Crippen LogP) is 1.49. The summed E-state index contributed by atoms with van der Waals surface area (Å²) in [6.07, 6.45) is 1.12. The van der Waals surface area contributed by atoms with Gasteiger partial charge in [-0.1, -0.05) is 20.8 Å². The summed E-state index contributed by atoms with van der Waals surface area (Å²) < 4.78 is 5.14. The summed E-state index contributed by atoms with van der Waals surface area (Å²) in [5.74, 6) is 1.62. The highest BCUT2D eigenvalue weighted by Crippen LogP contribution is 2.20. The Morgan fingerprint density at radius 3 is 2.69 bits per heavy atom. The molecule has 1 aliphatic rings. The molecular formula is C13H28N2O. The van der Waals surface area contributed by atoms with Crippen molar-refractivity contribution < 1.29 is 4.74 Å². The molecule has 0 spiro atoms. The van der Waals surface area contributed by atoms with Crippen LogP contribution >= 0.6 is 0 Å². The van der Waals surface area contributed by atoms with Gasteiger partial charge in [-0.3, -0.25) is 0 Å². The fourth-order valence-electron chi connectivity index (χ4n) is 2.20. The van der Waals surface area contributed by atoms with Gasteiger partial charge in [0.2, 0.25) is 0 Å². The molecule has 0 radical (unpaired) electrons. The molecule has 0 aromatic heterocycles. The molecule has 0 unspecified atom stereocenters. The fraction of sp³-hybridized carbons (Fsp3) is 1.00. The minimum atomic E-state index is 0.339. The number of hydrogen-bond donors (Lipinski definition) is 2. The van der Waals surface area contributed by atoms with Gasteiger partial charge in [0.25, 0.3) is 0 Å². The number of hydrogen-bond acceptors (Lipinski definition) is 3. The molecule has 0 aromatic rings. The van der Waals surface area contributed by atoms with Gasteiger partial charge in [-0.15, -0.1) is 0 Å². The van der Waals surface area contributed by atoms with Crippen LogP contribution in [0.25, 0.3) is 0 Å². The molecule has 3 nitrogen and oxygen atoms in total. The molecule has 1 saturated heterocycles. The van der Waals surface area contributed by atoms with Gasteiger partial charge in [0.1, 0.15) is 0 Å². The van der Waals surface area contributed by atoms with E-state index in [1.807, 2.05) is 0 Å². The minimum Gasteiger partial charge on any atom is -0.385 e. The Morgan fingerprint density at radius 1 is 1.38 bits per heavy atom. The fourth-order valence-corrected chi connectivity index (χ4v) is 2.20. The molecule has 1 rings (SSSR count). The van der Waals surface area contributed by atoms with Crippen LogP contribution in [-0.4, -0.2) is 39.9 Å². The first-order chi connectivity index (χ1) is 7.55. The van der Waals surface area contributed by atoms with Crippen molar-refractivity contribution in [2.24, 2.45) is 17.3 Å². The normalized spacial score (nSPS) is 26.2. The lowest BCUT2D eigenvalue weighted by atomic mass is 9.89. The third kappa shape index (κ3) is 4.81. The smallest absolute Gasteiger partial charge is 0.0467 e. The van der Waals surface area contributed by atoms with E-state index in [0.29, 0.717) is 5.41 Å². The lowest BCUT2D eigenvalue weighted by Crippen LogP contribution is -2.35. The molecule has 0 aliphatic carbocycles. The predicted molar refractivity (Wildman–Crippen MR) is 68.7 cm³/mol. The van der Waals surface area contributed by atoms with Crippen molar-refractivity contribution >= 4 is 0 Å². The zero-order valence-corrected chi connectivity index (χ0v) is 11.3. The van der Waals surface area contributed by atoms with Crippen molar-refractivity contribution in [2.75, 3.05) is 39.9 Å². The van der Waals surface area contributed by atoms with Gasteiger partial charge >= 0.3 is 0 Å². The largest absolute Gasteiger partial charge is 0.385 e. The van der Waals surface area contributed by atoms with E-state index in [2.05, 4.69) is 31.4 Å². The molecule has 0 aromatic carbocycles. The minimum absolute atomic E-state index is 0.339. The van der Waals surface area contributed by atoms with E-state index in [0.717, 1.165) is 38.0 Å². The molecule has 2 N–H and O–H groups in total. The zero-order valence-electron chi connectivity index (χ0n) is 11.3. The van der Waals surface area contributed by atoms with E-state index in [4.69, 9.17) is 4.74 Å². The summed E-state index contributed by atoms with van der Waals surface area (Å²) in [6.45, 7) is 12.4. The van der Waals surface area contributed by atoms with Crippen molar-refractivity contribution in [3.63, 3.8) is 0 Å². The third-order valence-corrected chi connectivity index (χ3v) is 3.67. The molecule has 0 saturated carbocycles. The third-order valence-electron chi connectivity index (χ3n) is 3.67. The summed E-state index contributed by atoms with van der Waals surface area (Å²) >= 11 is 0. The summed E-state index contributed by atoms with van der Waals surface area (Å²) in [6, 6.07) is 0. The molecule has 1 heterocycles. The van der Waals surface area contributed by atoms with Crippen LogP contribution in [0.1, 0.15) is 27.2 Å². The van der Waals surface area contributed by atoms with E-state index in [9.17, 15) is 0 Å². The second-order valence-corrected chi connectivity index (χ2v) is 5.93. The Hall–Kier alpha value is -0.120. The SMILES string of the molecule is COCCC(C)(C)CNC[C@@H]1CNC[C@H]1C. The Balaban J connectivity index is 2.13. The maximum atomic E-state index is 5.14. The highest BCUT2D eigenvalue weighted by Gasteiger charge is 2.23. The monoisotopic (exact) mass is 228 g/mol. The van der Waals surface area contributed by atoms with Crippen molar-refractivity contribution in [1.29, 1.82) is 0 Å². The number of rotatable bonds is 7. The van der Waals surface area contributed by atoms with E-state index in [1.165, 1.54) is 13.1 Å². The molecule has 16 heavy (non-hydrogen) atoms. The van der Waals surface area contributed by atoms with Gasteiger partial charge in [-0.2, -0.15) is 0 Å². The Labute approximate surface area is 100 Å². The first-order valence-corrected chi connectivity index (χ1v) is 6.45. The second kappa shape index (κ2) is 6.58. The Kier molecular flexibility index (Phi) is 5.73. The van der Waals surface area contributed by atoms with Crippen LogP contribution in [0.3, 0.4) is 0 Å². The summed E-state index contributed by atoms with van der Waals surface area (Å²) in [5.41, 5.74) is 0.339. The molecule has 3 heteroatoms. The maximum Gasteiger partial charge on any atom is 0.0467 e. The highest BCUT2D eigenvalue weighted by atomic mass is 16.5. The summed E-state index contributed by atoms with van der Waals surface area (Å²) in [7, 11) is 1.77. The number of nitrogens with one attached hydrogen (secondary N) is 2. The zero-order chi connectivity index (χ0) is 12.0. The van der Waals surface area contributed by atoms with Crippen molar-refractivity contribution in [1.82, 2.24) is 10.6 Å².